The Bertz CT molecular complexity index is 724. The molecule has 3 rings (SSSR count). The molecular formula is C16H13NO3S. The van der Waals surface area contributed by atoms with E-state index in [9.17, 15) is 4.79 Å². The van der Waals surface area contributed by atoms with Crippen LogP contribution >= 0.6 is 11.3 Å². The van der Waals surface area contributed by atoms with E-state index < -0.39 is 0 Å². The largest absolute Gasteiger partial charge is 0.472 e. The summed E-state index contributed by atoms with van der Waals surface area (Å²) >= 11 is 1.59. The van der Waals surface area contributed by atoms with Crippen LogP contribution in [0.3, 0.4) is 0 Å². The van der Waals surface area contributed by atoms with Gasteiger partial charge in [0.15, 0.2) is 0 Å². The summed E-state index contributed by atoms with van der Waals surface area (Å²) in [4.78, 5) is 12.7. The fraction of sp³-hybridized carbons (Fsp3) is 0.0625. The van der Waals surface area contributed by atoms with Gasteiger partial charge in [0.25, 0.3) is 0 Å². The molecule has 0 bridgehead atoms. The molecule has 5 heteroatoms. The van der Waals surface area contributed by atoms with Crippen molar-refractivity contribution in [2.45, 2.75) is 6.54 Å². The zero-order chi connectivity index (χ0) is 14.5. The monoisotopic (exact) mass is 299 g/mol. The molecule has 3 aromatic heterocycles. The lowest BCUT2D eigenvalue weighted by molar-refractivity contribution is -0.116. The van der Waals surface area contributed by atoms with Crippen molar-refractivity contribution in [3.05, 3.63) is 65.0 Å². The third kappa shape index (κ3) is 3.52. The first-order valence-corrected chi connectivity index (χ1v) is 7.30. The molecule has 0 aliphatic rings. The van der Waals surface area contributed by atoms with Crippen LogP contribution in [0.5, 0.6) is 0 Å². The molecule has 0 unspecified atom stereocenters. The van der Waals surface area contributed by atoms with Gasteiger partial charge in [0.2, 0.25) is 5.91 Å². The van der Waals surface area contributed by atoms with Crippen molar-refractivity contribution in [2.75, 3.05) is 0 Å². The molecule has 0 radical (unpaired) electrons. The quantitative estimate of drug-likeness (QED) is 0.726. The highest BCUT2D eigenvalue weighted by molar-refractivity contribution is 7.10. The van der Waals surface area contributed by atoms with Crippen molar-refractivity contribution in [1.82, 2.24) is 5.32 Å². The fourth-order valence-electron chi connectivity index (χ4n) is 1.81. The summed E-state index contributed by atoms with van der Waals surface area (Å²) in [6.45, 7) is 0.353. The van der Waals surface area contributed by atoms with Gasteiger partial charge < -0.3 is 14.2 Å². The van der Waals surface area contributed by atoms with Crippen LogP contribution in [0.4, 0.5) is 0 Å². The summed E-state index contributed by atoms with van der Waals surface area (Å²) in [5.74, 6) is 1.27. The van der Waals surface area contributed by atoms with E-state index in [0.29, 0.717) is 12.3 Å². The van der Waals surface area contributed by atoms with E-state index in [0.717, 1.165) is 16.2 Å². The molecule has 0 fully saturated rings. The number of nitrogens with one attached hydrogen (secondary N) is 1. The number of thiophene rings is 1. The molecule has 4 nitrogen and oxygen atoms in total. The fourth-order valence-corrected chi connectivity index (χ4v) is 2.43. The second kappa shape index (κ2) is 6.28. The van der Waals surface area contributed by atoms with Crippen molar-refractivity contribution in [2.24, 2.45) is 0 Å². The Balaban J connectivity index is 1.54. The average Bonchev–Trinajstić information content (AvgIpc) is 3.24. The smallest absolute Gasteiger partial charge is 0.244 e. The Kier molecular flexibility index (Phi) is 4.02. The van der Waals surface area contributed by atoms with Crippen molar-refractivity contribution >= 4 is 23.3 Å². The van der Waals surface area contributed by atoms with Gasteiger partial charge in [-0.1, -0.05) is 6.07 Å². The third-order valence-electron chi connectivity index (χ3n) is 2.85. The molecule has 1 amide bonds. The summed E-state index contributed by atoms with van der Waals surface area (Å²) in [6.07, 6.45) is 6.52. The van der Waals surface area contributed by atoms with Crippen LogP contribution in [0, 0.1) is 0 Å². The lowest BCUT2D eigenvalue weighted by atomic mass is 10.3. The van der Waals surface area contributed by atoms with E-state index >= 15 is 0 Å². The van der Waals surface area contributed by atoms with Crippen molar-refractivity contribution in [1.29, 1.82) is 0 Å². The molecule has 0 aliphatic heterocycles. The SMILES string of the molecule is O=C(/C=C/c1cccs1)NCc1ccc(-c2ccoc2)o1. The summed E-state index contributed by atoms with van der Waals surface area (Å²) in [5.41, 5.74) is 0.880. The summed E-state index contributed by atoms with van der Waals surface area (Å²) in [7, 11) is 0. The van der Waals surface area contributed by atoms with Gasteiger partial charge in [-0.05, 0) is 35.7 Å². The van der Waals surface area contributed by atoms with Gasteiger partial charge in [-0.25, -0.2) is 0 Å². The molecular weight excluding hydrogens is 286 g/mol. The molecule has 0 aliphatic carbocycles. The molecule has 0 spiro atoms. The maximum atomic E-state index is 11.7. The van der Waals surface area contributed by atoms with Crippen molar-refractivity contribution < 1.29 is 13.6 Å². The first kappa shape index (κ1) is 13.5. The van der Waals surface area contributed by atoms with Crippen LogP contribution in [-0.4, -0.2) is 5.91 Å². The normalized spacial score (nSPS) is 11.0. The van der Waals surface area contributed by atoms with Crippen LogP contribution in [0.15, 0.2) is 63.1 Å². The number of hydrogen-bond acceptors (Lipinski definition) is 4. The van der Waals surface area contributed by atoms with Crippen LogP contribution < -0.4 is 5.32 Å². The van der Waals surface area contributed by atoms with Crippen molar-refractivity contribution in [3.63, 3.8) is 0 Å². The Morgan fingerprint density at radius 3 is 3.00 bits per heavy atom. The van der Waals surface area contributed by atoms with Gasteiger partial charge in [0, 0.05) is 11.0 Å². The molecule has 3 heterocycles. The molecule has 0 aromatic carbocycles. The zero-order valence-corrected chi connectivity index (χ0v) is 11.9. The lowest BCUT2D eigenvalue weighted by Crippen LogP contribution is -2.19. The predicted octanol–water partition coefficient (Wildman–Crippen LogP) is 3.93. The molecule has 106 valence electrons. The van der Waals surface area contributed by atoms with E-state index in [-0.39, 0.29) is 5.91 Å². The van der Waals surface area contributed by atoms with Gasteiger partial charge in [-0.3, -0.25) is 4.79 Å². The van der Waals surface area contributed by atoms with Gasteiger partial charge in [0.1, 0.15) is 17.8 Å². The van der Waals surface area contributed by atoms with E-state index in [1.54, 1.807) is 29.9 Å². The number of carbonyl (C=O) groups is 1. The van der Waals surface area contributed by atoms with Crippen LogP contribution in [0.1, 0.15) is 10.6 Å². The van der Waals surface area contributed by atoms with E-state index in [1.807, 2.05) is 35.7 Å². The Hall–Kier alpha value is -2.53. The van der Waals surface area contributed by atoms with E-state index in [1.165, 1.54) is 6.08 Å². The highest BCUT2D eigenvalue weighted by Crippen LogP contribution is 2.22. The number of furan rings is 2. The van der Waals surface area contributed by atoms with Crippen LogP contribution in [-0.2, 0) is 11.3 Å². The zero-order valence-electron chi connectivity index (χ0n) is 11.1. The maximum absolute atomic E-state index is 11.7. The number of amides is 1. The second-order valence-corrected chi connectivity index (χ2v) is 5.32. The van der Waals surface area contributed by atoms with Crippen LogP contribution in [0.25, 0.3) is 17.4 Å². The molecule has 0 saturated heterocycles. The molecule has 21 heavy (non-hydrogen) atoms. The number of carbonyl (C=O) groups excluding carboxylic acids is 1. The Morgan fingerprint density at radius 1 is 1.29 bits per heavy atom. The van der Waals surface area contributed by atoms with Gasteiger partial charge >= 0.3 is 0 Å². The standard InChI is InChI=1S/C16H13NO3S/c18-16(6-4-14-2-1-9-21-14)17-10-13-3-5-15(20-13)12-7-8-19-11-12/h1-9,11H,10H2,(H,17,18)/b6-4+. The summed E-state index contributed by atoms with van der Waals surface area (Å²) < 4.78 is 10.6. The first-order chi connectivity index (χ1) is 10.3. The predicted molar refractivity (Wildman–Crippen MR) is 81.6 cm³/mol. The summed E-state index contributed by atoms with van der Waals surface area (Å²) in [5, 5.41) is 4.75. The number of hydrogen-bond donors (Lipinski definition) is 1. The Morgan fingerprint density at radius 2 is 2.24 bits per heavy atom. The minimum Gasteiger partial charge on any atom is -0.472 e. The maximum Gasteiger partial charge on any atom is 0.244 e. The van der Waals surface area contributed by atoms with Gasteiger partial charge in [0.05, 0.1) is 18.4 Å². The van der Waals surface area contributed by atoms with E-state index in [2.05, 4.69) is 5.32 Å². The van der Waals surface area contributed by atoms with E-state index in [4.69, 9.17) is 8.83 Å². The minimum absolute atomic E-state index is 0.148. The first-order valence-electron chi connectivity index (χ1n) is 6.42. The Labute approximate surface area is 125 Å². The number of rotatable bonds is 5. The topological polar surface area (TPSA) is 55.4 Å². The minimum atomic E-state index is -0.148. The van der Waals surface area contributed by atoms with Crippen molar-refractivity contribution in [3.8, 4) is 11.3 Å². The van der Waals surface area contributed by atoms with Gasteiger partial charge in [-0.2, -0.15) is 0 Å². The molecule has 0 atom stereocenters. The molecule has 1 N–H and O–H groups in total. The average molecular weight is 299 g/mol. The third-order valence-corrected chi connectivity index (χ3v) is 3.68. The highest BCUT2D eigenvalue weighted by atomic mass is 32.1. The van der Waals surface area contributed by atoms with Crippen LogP contribution in [0.2, 0.25) is 0 Å². The summed E-state index contributed by atoms with van der Waals surface area (Å²) in [6, 6.07) is 9.42. The lowest BCUT2D eigenvalue weighted by Gasteiger charge is -1.98. The molecule has 0 saturated carbocycles. The van der Waals surface area contributed by atoms with Gasteiger partial charge in [-0.15, -0.1) is 11.3 Å². The second-order valence-electron chi connectivity index (χ2n) is 4.34. The highest BCUT2D eigenvalue weighted by Gasteiger charge is 2.06. The molecule has 3 aromatic rings.